The molecule has 55 heavy (non-hydrogen) atoms. The van der Waals surface area contributed by atoms with Gasteiger partial charge in [0, 0.05) is 26.1 Å². The lowest BCUT2D eigenvalue weighted by Gasteiger charge is -2.18. The van der Waals surface area contributed by atoms with Gasteiger partial charge in [-0.15, -0.1) is 0 Å². The van der Waals surface area contributed by atoms with Gasteiger partial charge in [0.1, 0.15) is 12.2 Å². The molecule has 3 atom stereocenters. The molecule has 0 fully saturated rings. The van der Waals surface area contributed by atoms with Crippen molar-refractivity contribution in [2.24, 2.45) is 0 Å². The van der Waals surface area contributed by atoms with Crippen LogP contribution in [-0.2, 0) is 28.5 Å². The first-order valence-corrected chi connectivity index (χ1v) is 24.5. The van der Waals surface area contributed by atoms with Crippen LogP contribution in [0.1, 0.15) is 266 Å². The summed E-state index contributed by atoms with van der Waals surface area (Å²) in [5.41, 5.74) is 0. The smallest absolute Gasteiger partial charge is 0.306 e. The highest BCUT2D eigenvalue weighted by Gasteiger charge is 2.15. The summed E-state index contributed by atoms with van der Waals surface area (Å²) in [6.45, 7) is 13.3. The zero-order chi connectivity index (χ0) is 40.3. The second kappa shape index (κ2) is 44.0. The van der Waals surface area contributed by atoms with Gasteiger partial charge in [0.15, 0.2) is 0 Å². The highest BCUT2D eigenvalue weighted by Crippen LogP contribution is 2.19. The van der Waals surface area contributed by atoms with Crippen LogP contribution in [0.5, 0.6) is 0 Å². The van der Waals surface area contributed by atoms with E-state index in [-0.39, 0.29) is 30.3 Å². The Balaban J connectivity index is 3.84. The summed E-state index contributed by atoms with van der Waals surface area (Å²) >= 11 is 0. The van der Waals surface area contributed by atoms with Crippen molar-refractivity contribution in [3.05, 3.63) is 0 Å². The van der Waals surface area contributed by atoms with E-state index >= 15 is 0 Å². The third kappa shape index (κ3) is 40.8. The van der Waals surface area contributed by atoms with Crippen LogP contribution in [0.2, 0.25) is 0 Å². The average Bonchev–Trinajstić information content (AvgIpc) is 3.17. The third-order valence-corrected chi connectivity index (χ3v) is 11.1. The van der Waals surface area contributed by atoms with Gasteiger partial charge in [0.05, 0.1) is 12.7 Å². The van der Waals surface area contributed by atoms with Gasteiger partial charge >= 0.3 is 11.9 Å². The number of ether oxygens (including phenoxy) is 4. The molecule has 0 aromatic rings. The van der Waals surface area contributed by atoms with Crippen LogP contribution < -0.4 is 0 Å². The van der Waals surface area contributed by atoms with Gasteiger partial charge in [-0.1, -0.05) is 169 Å². The predicted molar refractivity (Wildman–Crippen MR) is 235 cm³/mol. The van der Waals surface area contributed by atoms with E-state index in [2.05, 4.69) is 34.6 Å². The van der Waals surface area contributed by atoms with E-state index in [1.807, 2.05) is 0 Å². The monoisotopic (exact) mass is 781 g/mol. The second-order valence-electron chi connectivity index (χ2n) is 16.8. The number of hydrogen-bond donors (Lipinski definition) is 0. The molecule has 6 heteroatoms. The van der Waals surface area contributed by atoms with Crippen LogP contribution in [0.4, 0.5) is 0 Å². The Morgan fingerprint density at radius 3 is 1.09 bits per heavy atom. The van der Waals surface area contributed by atoms with E-state index in [0.29, 0.717) is 19.4 Å². The van der Waals surface area contributed by atoms with Crippen molar-refractivity contribution in [1.82, 2.24) is 0 Å². The molecule has 0 bridgehead atoms. The molecule has 0 aliphatic carbocycles. The molecule has 0 rings (SSSR count). The topological polar surface area (TPSA) is 71.1 Å². The largest absolute Gasteiger partial charge is 0.462 e. The van der Waals surface area contributed by atoms with Crippen molar-refractivity contribution in [3.63, 3.8) is 0 Å². The van der Waals surface area contributed by atoms with Crippen LogP contribution in [0.25, 0.3) is 0 Å². The summed E-state index contributed by atoms with van der Waals surface area (Å²) < 4.78 is 23.8. The minimum Gasteiger partial charge on any atom is -0.462 e. The molecule has 0 saturated heterocycles. The molecule has 6 nitrogen and oxygen atoms in total. The van der Waals surface area contributed by atoms with Gasteiger partial charge in [-0.2, -0.15) is 0 Å². The molecule has 328 valence electrons. The van der Waals surface area contributed by atoms with Gasteiger partial charge in [0.25, 0.3) is 0 Å². The second-order valence-corrected chi connectivity index (χ2v) is 16.8. The molecule has 0 aliphatic rings. The van der Waals surface area contributed by atoms with Gasteiger partial charge < -0.3 is 18.9 Å². The van der Waals surface area contributed by atoms with Crippen molar-refractivity contribution < 1.29 is 28.5 Å². The lowest BCUT2D eigenvalue weighted by atomic mass is 10.0. The third-order valence-electron chi connectivity index (χ3n) is 11.1. The quantitative estimate of drug-likeness (QED) is 0.0453. The lowest BCUT2D eigenvalue weighted by Crippen LogP contribution is -2.18. The molecule has 0 aromatic heterocycles. The SMILES string of the molecule is CCCCCCCCC(CCCCCC)OC(=O)CCCCCCCOCC(C)OCCCCCCCC(=O)OC(CCCCCC)CCCCCCCC. The fraction of sp³-hybridized carbons (Fsp3) is 0.959. The minimum atomic E-state index is 0.0103. The molecular formula is C49H96O6. The maximum Gasteiger partial charge on any atom is 0.306 e. The molecule has 0 heterocycles. The van der Waals surface area contributed by atoms with Crippen molar-refractivity contribution in [1.29, 1.82) is 0 Å². The Labute approximate surface area is 343 Å². The Kier molecular flexibility index (Phi) is 43.1. The normalized spacial score (nSPS) is 13.2. The summed E-state index contributed by atoms with van der Waals surface area (Å²) in [5.74, 6) is 0.0208. The molecule has 3 unspecified atom stereocenters. The van der Waals surface area contributed by atoms with Crippen LogP contribution in [0, 0.1) is 0 Å². The number of carbonyl (C=O) groups is 2. The van der Waals surface area contributed by atoms with E-state index in [9.17, 15) is 9.59 Å². The maximum atomic E-state index is 12.6. The Morgan fingerprint density at radius 1 is 0.382 bits per heavy atom. The summed E-state index contributed by atoms with van der Waals surface area (Å²) in [4.78, 5) is 25.2. The van der Waals surface area contributed by atoms with Gasteiger partial charge in [0.2, 0.25) is 0 Å². The summed E-state index contributed by atoms with van der Waals surface area (Å²) in [6.07, 6.45) is 41.6. The number of carbonyl (C=O) groups excluding carboxylic acids is 2. The Bertz CT molecular complexity index is 787. The highest BCUT2D eigenvalue weighted by atomic mass is 16.5. The minimum absolute atomic E-state index is 0.0103. The van der Waals surface area contributed by atoms with Crippen LogP contribution in [0.15, 0.2) is 0 Å². The highest BCUT2D eigenvalue weighted by molar-refractivity contribution is 5.69. The average molecular weight is 781 g/mol. The molecule has 0 spiro atoms. The molecule has 0 amide bonds. The zero-order valence-electron chi connectivity index (χ0n) is 37.8. The van der Waals surface area contributed by atoms with Crippen molar-refractivity contribution >= 4 is 11.9 Å². The standard InChI is InChI=1S/C49H96O6/c1-6-10-14-18-22-30-38-46(36-28-16-12-8-3)54-48(50)40-32-24-20-26-34-42-52-44-45(5)53-43-35-27-21-25-33-41-49(51)55-47(37-29-17-13-9-4)39-31-23-19-15-11-7-2/h45-47H,6-44H2,1-5H3. The van der Waals surface area contributed by atoms with Gasteiger partial charge in [-0.05, 0) is 84.0 Å². The van der Waals surface area contributed by atoms with Gasteiger partial charge in [-0.25, -0.2) is 0 Å². The molecule has 0 radical (unpaired) electrons. The molecular weight excluding hydrogens is 685 g/mol. The van der Waals surface area contributed by atoms with E-state index in [0.717, 1.165) is 103 Å². The van der Waals surface area contributed by atoms with Crippen molar-refractivity contribution in [3.8, 4) is 0 Å². The summed E-state index contributed by atoms with van der Waals surface area (Å²) in [6, 6.07) is 0. The van der Waals surface area contributed by atoms with Crippen molar-refractivity contribution in [2.45, 2.75) is 284 Å². The first-order chi connectivity index (χ1) is 27.0. The number of rotatable bonds is 45. The number of hydrogen-bond acceptors (Lipinski definition) is 6. The fourth-order valence-corrected chi connectivity index (χ4v) is 7.40. The van der Waals surface area contributed by atoms with E-state index in [1.54, 1.807) is 0 Å². The molecule has 0 aliphatic heterocycles. The van der Waals surface area contributed by atoms with E-state index < -0.39 is 0 Å². The van der Waals surface area contributed by atoms with Crippen LogP contribution >= 0.6 is 0 Å². The summed E-state index contributed by atoms with van der Waals surface area (Å²) in [5, 5.41) is 0. The van der Waals surface area contributed by atoms with Crippen LogP contribution in [0.3, 0.4) is 0 Å². The van der Waals surface area contributed by atoms with Gasteiger partial charge in [-0.3, -0.25) is 9.59 Å². The van der Waals surface area contributed by atoms with Crippen LogP contribution in [-0.4, -0.2) is 50.1 Å². The fourth-order valence-electron chi connectivity index (χ4n) is 7.40. The molecule has 0 aromatic carbocycles. The number of unbranched alkanes of at least 4 members (excludes halogenated alkanes) is 24. The van der Waals surface area contributed by atoms with E-state index in [1.165, 1.54) is 128 Å². The maximum absolute atomic E-state index is 12.6. The number of esters is 2. The van der Waals surface area contributed by atoms with E-state index in [4.69, 9.17) is 18.9 Å². The van der Waals surface area contributed by atoms with Crippen molar-refractivity contribution in [2.75, 3.05) is 19.8 Å². The first-order valence-electron chi connectivity index (χ1n) is 24.5. The first kappa shape index (κ1) is 53.9. The molecule has 0 saturated carbocycles. The molecule has 0 N–H and O–H groups in total. The summed E-state index contributed by atoms with van der Waals surface area (Å²) in [7, 11) is 0. The lowest BCUT2D eigenvalue weighted by molar-refractivity contribution is -0.151. The zero-order valence-corrected chi connectivity index (χ0v) is 37.8. The Morgan fingerprint density at radius 2 is 0.691 bits per heavy atom. The predicted octanol–water partition coefficient (Wildman–Crippen LogP) is 15.4. The Hall–Kier alpha value is -1.14.